The van der Waals surface area contributed by atoms with Gasteiger partial charge in [0.25, 0.3) is 5.91 Å². The summed E-state index contributed by atoms with van der Waals surface area (Å²) < 4.78 is 31.1. The maximum absolute atomic E-state index is 12.2. The van der Waals surface area contributed by atoms with E-state index in [4.69, 9.17) is 29.0 Å². The third-order valence-electron chi connectivity index (χ3n) is 2.58. The van der Waals surface area contributed by atoms with Gasteiger partial charge in [-0.1, -0.05) is 23.2 Å². The maximum Gasteiger partial charge on any atom is 0.339 e. The molecule has 0 fully saturated rings. The van der Waals surface area contributed by atoms with Crippen molar-refractivity contribution in [1.82, 2.24) is 10.1 Å². The highest BCUT2D eigenvalue weighted by atomic mass is 35.5. The fourth-order valence-electron chi connectivity index (χ4n) is 1.48. The van der Waals surface area contributed by atoms with Crippen molar-refractivity contribution < 1.29 is 22.7 Å². The van der Waals surface area contributed by atoms with Crippen LogP contribution in [0.15, 0.2) is 17.0 Å². The summed E-state index contributed by atoms with van der Waals surface area (Å²) in [4.78, 5) is 22.4. The lowest BCUT2D eigenvalue weighted by atomic mass is 10.2. The quantitative estimate of drug-likeness (QED) is 0.299. The fourth-order valence-corrected chi connectivity index (χ4v) is 3.53. The van der Waals surface area contributed by atoms with Crippen LogP contribution in [0.4, 0.5) is 0 Å². The molecule has 0 aromatic heterocycles. The third-order valence-corrected chi connectivity index (χ3v) is 4.90. The fraction of sp³-hybridized carbons (Fsp3) is 0.273. The number of nitrogens with two attached hydrogens (primary N) is 1. The van der Waals surface area contributed by atoms with Crippen LogP contribution >= 0.6 is 23.2 Å². The van der Waals surface area contributed by atoms with Crippen LogP contribution in [0.3, 0.4) is 0 Å². The van der Waals surface area contributed by atoms with Crippen molar-refractivity contribution in [2.45, 2.75) is 17.9 Å². The van der Waals surface area contributed by atoms with E-state index in [1.54, 1.807) is 0 Å². The molecule has 0 saturated heterocycles. The normalized spacial score (nSPS) is 12.6. The molecule has 1 unspecified atom stereocenters. The Hall–Kier alpha value is -1.39. The molecule has 122 valence electrons. The number of methoxy groups -OCH3 is 1. The zero-order chi connectivity index (χ0) is 17.1. The highest BCUT2D eigenvalue weighted by molar-refractivity contribution is 7.89. The number of esters is 1. The molecular weight excluding hydrogens is 357 g/mol. The molecule has 1 rings (SSSR count). The minimum atomic E-state index is -4.19. The number of rotatable bonds is 5. The number of hydrogen-bond acceptors (Lipinski definition) is 6. The molecule has 0 radical (unpaired) electrons. The van der Waals surface area contributed by atoms with Gasteiger partial charge in [0.15, 0.2) is 0 Å². The summed E-state index contributed by atoms with van der Waals surface area (Å²) in [6, 6.07) is 0.909. The Labute approximate surface area is 136 Å². The number of sulfonamides is 1. The Morgan fingerprint density at radius 3 is 2.36 bits per heavy atom. The SMILES string of the molecule is COC(=O)c1cc(S(=O)(=O)NC(C)C(=O)NN)c(Cl)cc1Cl. The molecule has 8 nitrogen and oxygen atoms in total. The zero-order valence-corrected chi connectivity index (χ0v) is 13.8. The van der Waals surface area contributed by atoms with Gasteiger partial charge in [0, 0.05) is 0 Å². The molecule has 1 atom stereocenters. The maximum atomic E-state index is 12.2. The predicted molar refractivity (Wildman–Crippen MR) is 79.9 cm³/mol. The van der Waals surface area contributed by atoms with Gasteiger partial charge in [-0.05, 0) is 19.1 Å². The second kappa shape index (κ2) is 7.25. The van der Waals surface area contributed by atoms with Gasteiger partial charge in [0.05, 0.1) is 28.8 Å². The van der Waals surface area contributed by atoms with Gasteiger partial charge in [-0.2, -0.15) is 4.72 Å². The van der Waals surface area contributed by atoms with Crippen molar-refractivity contribution in [2.24, 2.45) is 5.84 Å². The summed E-state index contributed by atoms with van der Waals surface area (Å²) in [6.07, 6.45) is 0. The van der Waals surface area contributed by atoms with Crippen molar-refractivity contribution in [3.63, 3.8) is 0 Å². The lowest BCUT2D eigenvalue weighted by molar-refractivity contribution is -0.122. The number of carbonyl (C=O) groups excluding carboxylic acids is 2. The Morgan fingerprint density at radius 2 is 1.86 bits per heavy atom. The minimum absolute atomic E-state index is 0.0662. The first-order valence-corrected chi connectivity index (χ1v) is 7.98. The van der Waals surface area contributed by atoms with Crippen LogP contribution in [0.25, 0.3) is 0 Å². The lowest BCUT2D eigenvalue weighted by Gasteiger charge is -2.14. The first-order valence-electron chi connectivity index (χ1n) is 5.74. The number of halogens is 2. The number of nitrogens with one attached hydrogen (secondary N) is 2. The van der Waals surface area contributed by atoms with Crippen LogP contribution in [0, 0.1) is 0 Å². The zero-order valence-electron chi connectivity index (χ0n) is 11.5. The second-order valence-corrected chi connectivity index (χ2v) is 6.60. The summed E-state index contributed by atoms with van der Waals surface area (Å²) in [5.74, 6) is 3.35. The summed E-state index contributed by atoms with van der Waals surface area (Å²) in [7, 11) is -3.07. The van der Waals surface area contributed by atoms with Crippen LogP contribution in [0.2, 0.25) is 10.0 Å². The van der Waals surface area contributed by atoms with Crippen molar-refractivity contribution in [3.05, 3.63) is 27.7 Å². The second-order valence-electron chi connectivity index (χ2n) is 4.11. The number of benzene rings is 1. The van der Waals surface area contributed by atoms with E-state index in [2.05, 4.69) is 9.46 Å². The van der Waals surface area contributed by atoms with Crippen LogP contribution in [-0.4, -0.2) is 33.4 Å². The first-order chi connectivity index (χ1) is 10.1. The van der Waals surface area contributed by atoms with Crippen LogP contribution in [0.1, 0.15) is 17.3 Å². The highest BCUT2D eigenvalue weighted by Gasteiger charge is 2.26. The monoisotopic (exact) mass is 369 g/mol. The predicted octanol–water partition coefficient (Wildman–Crippen LogP) is 0.437. The molecule has 22 heavy (non-hydrogen) atoms. The van der Waals surface area contributed by atoms with E-state index in [0.29, 0.717) is 0 Å². The van der Waals surface area contributed by atoms with Crippen molar-refractivity contribution in [3.8, 4) is 0 Å². The molecule has 11 heteroatoms. The van der Waals surface area contributed by atoms with E-state index < -0.39 is 32.8 Å². The molecular formula is C11H13Cl2N3O5S. The Bertz CT molecular complexity index is 708. The van der Waals surface area contributed by atoms with Gasteiger partial charge in [0.2, 0.25) is 10.0 Å². The van der Waals surface area contributed by atoms with Crippen LogP contribution in [-0.2, 0) is 19.6 Å². The summed E-state index contributed by atoms with van der Waals surface area (Å²) in [6.45, 7) is 1.28. The number of hydrogen-bond donors (Lipinski definition) is 3. The van der Waals surface area contributed by atoms with E-state index in [-0.39, 0.29) is 15.6 Å². The van der Waals surface area contributed by atoms with E-state index in [1.165, 1.54) is 6.92 Å². The molecule has 1 amide bonds. The smallest absolute Gasteiger partial charge is 0.339 e. The standard InChI is InChI=1S/C11H13Cl2N3O5S/c1-5(10(17)15-14)16-22(19,20)9-3-6(11(18)21-2)7(12)4-8(9)13/h3-5,16H,14H2,1-2H3,(H,15,17). The molecule has 0 spiro atoms. The molecule has 0 bridgehead atoms. The molecule has 0 aliphatic rings. The number of hydrazine groups is 1. The van der Waals surface area contributed by atoms with E-state index >= 15 is 0 Å². The summed E-state index contributed by atoms with van der Waals surface area (Å²) >= 11 is 11.7. The van der Waals surface area contributed by atoms with Crippen molar-refractivity contribution >= 4 is 45.1 Å². The number of carbonyl (C=O) groups is 2. The Morgan fingerprint density at radius 1 is 1.27 bits per heavy atom. The molecule has 0 aliphatic heterocycles. The number of ether oxygens (including phenoxy) is 1. The van der Waals surface area contributed by atoms with Crippen molar-refractivity contribution in [1.29, 1.82) is 0 Å². The van der Waals surface area contributed by atoms with Gasteiger partial charge in [-0.15, -0.1) is 0 Å². The van der Waals surface area contributed by atoms with E-state index in [1.807, 2.05) is 5.43 Å². The molecule has 1 aromatic carbocycles. The van der Waals surface area contributed by atoms with Crippen LogP contribution < -0.4 is 16.0 Å². The lowest BCUT2D eigenvalue weighted by Crippen LogP contribution is -2.47. The number of amides is 1. The van der Waals surface area contributed by atoms with Crippen molar-refractivity contribution in [2.75, 3.05) is 7.11 Å². The topological polar surface area (TPSA) is 128 Å². The van der Waals surface area contributed by atoms with Gasteiger partial charge >= 0.3 is 5.97 Å². The Kier molecular flexibility index (Phi) is 6.15. The van der Waals surface area contributed by atoms with Gasteiger partial charge < -0.3 is 4.74 Å². The van der Waals surface area contributed by atoms with E-state index in [0.717, 1.165) is 19.2 Å². The third kappa shape index (κ3) is 4.08. The molecule has 1 aromatic rings. The average Bonchev–Trinajstić information content (AvgIpc) is 2.44. The summed E-state index contributed by atoms with van der Waals surface area (Å²) in [5.41, 5.74) is 1.63. The largest absolute Gasteiger partial charge is 0.465 e. The molecule has 0 aliphatic carbocycles. The van der Waals surface area contributed by atoms with E-state index in [9.17, 15) is 18.0 Å². The van der Waals surface area contributed by atoms with Crippen LogP contribution in [0.5, 0.6) is 0 Å². The highest BCUT2D eigenvalue weighted by Crippen LogP contribution is 2.29. The van der Waals surface area contributed by atoms with Gasteiger partial charge in [-0.3, -0.25) is 10.2 Å². The minimum Gasteiger partial charge on any atom is -0.465 e. The molecule has 0 heterocycles. The Balaban J connectivity index is 3.30. The average molecular weight is 370 g/mol. The van der Waals surface area contributed by atoms with Gasteiger partial charge in [0.1, 0.15) is 4.90 Å². The molecule has 0 saturated carbocycles. The van der Waals surface area contributed by atoms with Gasteiger partial charge in [-0.25, -0.2) is 19.1 Å². The summed E-state index contributed by atoms with van der Waals surface area (Å²) in [5, 5.41) is -0.283. The first kappa shape index (κ1) is 18.7. The molecule has 4 N–H and O–H groups in total.